The molecule has 0 unspecified atom stereocenters. The van der Waals surface area contributed by atoms with Crippen LogP contribution < -0.4 is 5.32 Å². The summed E-state index contributed by atoms with van der Waals surface area (Å²) < 4.78 is 21.3. The van der Waals surface area contributed by atoms with Gasteiger partial charge >= 0.3 is 0 Å². The van der Waals surface area contributed by atoms with Gasteiger partial charge in [-0.1, -0.05) is 30.3 Å². The highest BCUT2D eigenvalue weighted by atomic mass is 19.1. The second-order valence-corrected chi connectivity index (χ2v) is 6.80. The zero-order chi connectivity index (χ0) is 21.1. The van der Waals surface area contributed by atoms with E-state index in [9.17, 15) is 9.18 Å². The fourth-order valence-corrected chi connectivity index (χ4v) is 3.22. The van der Waals surface area contributed by atoms with E-state index in [1.165, 1.54) is 12.1 Å². The first-order chi connectivity index (χ1) is 14.5. The maximum atomic E-state index is 13.9. The summed E-state index contributed by atoms with van der Waals surface area (Å²) in [5.74, 6) is 0.194. The number of halogens is 1. The number of hydrogen-bond donors (Lipinski definition) is 1. The summed E-state index contributed by atoms with van der Waals surface area (Å²) in [6.45, 7) is 3.75. The van der Waals surface area contributed by atoms with Crippen LogP contribution in [0, 0.1) is 19.7 Å². The molecule has 5 nitrogen and oxygen atoms in total. The van der Waals surface area contributed by atoms with Crippen molar-refractivity contribution in [2.45, 2.75) is 13.8 Å². The minimum Gasteiger partial charge on any atom is -0.457 e. The molecule has 0 aliphatic carbocycles. The molecule has 0 radical (unpaired) electrons. The van der Waals surface area contributed by atoms with Crippen molar-refractivity contribution >= 4 is 17.7 Å². The second-order valence-electron chi connectivity index (χ2n) is 6.80. The third kappa shape index (κ3) is 3.93. The molecule has 150 valence electrons. The predicted molar refractivity (Wildman–Crippen MR) is 115 cm³/mol. The lowest BCUT2D eigenvalue weighted by atomic mass is 10.1. The zero-order valence-corrected chi connectivity index (χ0v) is 16.6. The Morgan fingerprint density at radius 3 is 2.53 bits per heavy atom. The third-order valence-electron chi connectivity index (χ3n) is 4.71. The summed E-state index contributed by atoms with van der Waals surface area (Å²) in [5, 5.41) is 7.40. The lowest BCUT2D eigenvalue weighted by Crippen LogP contribution is -2.09. The number of carbonyl (C=O) groups is 1. The van der Waals surface area contributed by atoms with Crippen molar-refractivity contribution in [3.8, 4) is 17.0 Å². The lowest BCUT2D eigenvalue weighted by molar-refractivity contribution is -0.111. The van der Waals surface area contributed by atoms with Gasteiger partial charge in [-0.15, -0.1) is 0 Å². The maximum absolute atomic E-state index is 13.9. The summed E-state index contributed by atoms with van der Waals surface area (Å²) in [5.41, 5.74) is 3.52. The largest absolute Gasteiger partial charge is 0.457 e. The van der Waals surface area contributed by atoms with Crippen LogP contribution in [0.3, 0.4) is 0 Å². The summed E-state index contributed by atoms with van der Waals surface area (Å²) in [6.07, 6.45) is 2.93. The zero-order valence-electron chi connectivity index (χ0n) is 16.6. The number of benzene rings is 2. The van der Waals surface area contributed by atoms with Crippen LogP contribution >= 0.6 is 0 Å². The van der Waals surface area contributed by atoms with Crippen molar-refractivity contribution in [1.29, 1.82) is 0 Å². The van der Waals surface area contributed by atoms with E-state index >= 15 is 0 Å². The maximum Gasteiger partial charge on any atom is 0.248 e. The van der Waals surface area contributed by atoms with Gasteiger partial charge in [-0.3, -0.25) is 4.79 Å². The van der Waals surface area contributed by atoms with E-state index in [0.717, 1.165) is 17.1 Å². The molecule has 0 aliphatic heterocycles. The highest BCUT2D eigenvalue weighted by Gasteiger charge is 2.14. The van der Waals surface area contributed by atoms with Gasteiger partial charge in [-0.05, 0) is 56.3 Å². The number of aromatic nitrogens is 2. The number of rotatable bonds is 5. The molecule has 0 atom stereocenters. The number of amides is 1. The molecule has 0 saturated heterocycles. The Morgan fingerprint density at radius 1 is 1.03 bits per heavy atom. The molecule has 30 heavy (non-hydrogen) atoms. The van der Waals surface area contributed by atoms with Crippen molar-refractivity contribution in [1.82, 2.24) is 9.78 Å². The Morgan fingerprint density at radius 2 is 1.77 bits per heavy atom. The van der Waals surface area contributed by atoms with Crippen molar-refractivity contribution in [3.63, 3.8) is 0 Å². The molecule has 6 heteroatoms. The topological polar surface area (TPSA) is 60.1 Å². The van der Waals surface area contributed by atoms with E-state index < -0.39 is 0 Å². The summed E-state index contributed by atoms with van der Waals surface area (Å²) in [6, 6.07) is 19.5. The molecule has 2 aromatic heterocycles. The number of nitrogens with zero attached hydrogens (tertiary/aromatic N) is 2. The van der Waals surface area contributed by atoms with E-state index in [1.807, 2.05) is 44.2 Å². The molecule has 4 aromatic rings. The molecule has 0 fully saturated rings. The van der Waals surface area contributed by atoms with E-state index in [1.54, 1.807) is 41.1 Å². The van der Waals surface area contributed by atoms with E-state index in [4.69, 9.17) is 4.42 Å². The monoisotopic (exact) mass is 401 g/mol. The van der Waals surface area contributed by atoms with Gasteiger partial charge in [0.15, 0.2) is 0 Å². The molecule has 1 N–H and O–H groups in total. The number of carbonyl (C=O) groups excluding carboxylic acids is 1. The summed E-state index contributed by atoms with van der Waals surface area (Å²) in [7, 11) is 0. The quantitative estimate of drug-likeness (QED) is 0.447. The van der Waals surface area contributed by atoms with Gasteiger partial charge in [0, 0.05) is 6.08 Å². The Balaban J connectivity index is 1.49. The number of hydrogen-bond acceptors (Lipinski definition) is 3. The van der Waals surface area contributed by atoms with Crippen LogP contribution in [0.4, 0.5) is 10.1 Å². The summed E-state index contributed by atoms with van der Waals surface area (Å²) in [4.78, 5) is 12.4. The van der Waals surface area contributed by atoms with Crippen LogP contribution in [0.15, 0.2) is 77.2 Å². The van der Waals surface area contributed by atoms with Gasteiger partial charge in [-0.25, -0.2) is 9.07 Å². The smallest absolute Gasteiger partial charge is 0.248 e. The van der Waals surface area contributed by atoms with Crippen LogP contribution in [0.1, 0.15) is 17.1 Å². The molecule has 0 bridgehead atoms. The lowest BCUT2D eigenvalue weighted by Gasteiger charge is -2.05. The minimum absolute atomic E-state index is 0.308. The predicted octanol–water partition coefficient (Wildman–Crippen LogP) is 5.54. The van der Waals surface area contributed by atoms with Gasteiger partial charge in [0.1, 0.15) is 17.3 Å². The van der Waals surface area contributed by atoms with Crippen molar-refractivity contribution in [2.24, 2.45) is 0 Å². The molecular weight excluding hydrogens is 381 g/mol. The first-order valence-corrected chi connectivity index (χ1v) is 9.48. The molecule has 1 amide bonds. The Labute approximate surface area is 173 Å². The molecule has 0 aliphatic rings. The number of furan rings is 1. The standard InChI is InChI=1S/C24H20FN3O2/c1-16-24(17(2)28(27-16)18-8-4-3-5-9-18)26-23(29)15-13-19-12-14-22(30-19)20-10-6-7-11-21(20)25/h3-15H,1-2H3,(H,26,29)/b15-13-. The fourth-order valence-electron chi connectivity index (χ4n) is 3.22. The van der Waals surface area contributed by atoms with Gasteiger partial charge in [0.05, 0.1) is 28.3 Å². The SMILES string of the molecule is Cc1nn(-c2ccccc2)c(C)c1NC(=O)/C=C\c1ccc(-c2ccccc2F)o1. The van der Waals surface area contributed by atoms with Crippen molar-refractivity contribution in [3.05, 3.63) is 95.8 Å². The number of anilines is 1. The Bertz CT molecular complexity index is 1220. The third-order valence-corrected chi connectivity index (χ3v) is 4.71. The number of para-hydroxylation sites is 1. The number of aryl methyl sites for hydroxylation is 1. The average Bonchev–Trinajstić information content (AvgIpc) is 3.33. The molecule has 0 spiro atoms. The Hall–Kier alpha value is -3.93. The molecule has 2 aromatic carbocycles. The van der Waals surface area contributed by atoms with Gasteiger partial charge in [0.25, 0.3) is 0 Å². The molecule has 0 saturated carbocycles. The second kappa shape index (κ2) is 8.21. The van der Waals surface area contributed by atoms with Crippen LogP contribution in [-0.2, 0) is 4.79 Å². The van der Waals surface area contributed by atoms with Crippen molar-refractivity contribution < 1.29 is 13.6 Å². The number of nitrogens with one attached hydrogen (secondary N) is 1. The van der Waals surface area contributed by atoms with Crippen molar-refractivity contribution in [2.75, 3.05) is 5.32 Å². The van der Waals surface area contributed by atoms with Crippen LogP contribution in [0.25, 0.3) is 23.1 Å². The minimum atomic E-state index is -0.360. The fraction of sp³-hybridized carbons (Fsp3) is 0.0833. The van der Waals surface area contributed by atoms with Crippen LogP contribution in [-0.4, -0.2) is 15.7 Å². The normalized spacial score (nSPS) is 11.2. The highest BCUT2D eigenvalue weighted by Crippen LogP contribution is 2.26. The van der Waals surface area contributed by atoms with Crippen LogP contribution in [0.2, 0.25) is 0 Å². The first-order valence-electron chi connectivity index (χ1n) is 9.48. The Kier molecular flexibility index (Phi) is 5.30. The summed E-state index contributed by atoms with van der Waals surface area (Å²) >= 11 is 0. The average molecular weight is 401 g/mol. The van der Waals surface area contributed by atoms with E-state index in [2.05, 4.69) is 10.4 Å². The molecule has 2 heterocycles. The first kappa shape index (κ1) is 19.4. The van der Waals surface area contributed by atoms with E-state index in [-0.39, 0.29) is 11.7 Å². The molecule has 4 rings (SSSR count). The highest BCUT2D eigenvalue weighted by molar-refractivity contribution is 6.02. The van der Waals surface area contributed by atoms with Gasteiger partial charge < -0.3 is 9.73 Å². The molecular formula is C24H20FN3O2. The van der Waals surface area contributed by atoms with Gasteiger partial charge in [0.2, 0.25) is 5.91 Å². The van der Waals surface area contributed by atoms with Crippen LogP contribution in [0.5, 0.6) is 0 Å². The van der Waals surface area contributed by atoms with Gasteiger partial charge in [-0.2, -0.15) is 5.10 Å². The van der Waals surface area contributed by atoms with E-state index in [0.29, 0.717) is 22.8 Å².